The molecule has 2 fully saturated rings. The maximum Gasteiger partial charge on any atom is 0.325 e. The quantitative estimate of drug-likeness (QED) is 0.597. The summed E-state index contributed by atoms with van der Waals surface area (Å²) in [6.07, 6.45) is 3.12. The van der Waals surface area contributed by atoms with Crippen molar-refractivity contribution in [3.63, 3.8) is 0 Å². The highest BCUT2D eigenvalue weighted by atomic mass is 35.5. The van der Waals surface area contributed by atoms with E-state index >= 15 is 0 Å². The Morgan fingerprint density at radius 3 is 2.55 bits per heavy atom. The molecule has 2 aliphatic rings. The second-order valence-corrected chi connectivity index (χ2v) is 8.40. The minimum atomic E-state index is -0.793. The monoisotopic (exact) mass is 413 g/mol. The van der Waals surface area contributed by atoms with Crippen molar-refractivity contribution in [1.82, 2.24) is 14.8 Å². The van der Waals surface area contributed by atoms with Crippen LogP contribution in [0.5, 0.6) is 0 Å². The van der Waals surface area contributed by atoms with Crippen LogP contribution in [0.25, 0.3) is 0 Å². The van der Waals surface area contributed by atoms with Crippen molar-refractivity contribution in [1.29, 1.82) is 0 Å². The predicted octanol–water partition coefficient (Wildman–Crippen LogP) is 3.85. The Labute approximate surface area is 174 Å². The van der Waals surface area contributed by atoms with Crippen molar-refractivity contribution in [3.05, 3.63) is 57.9 Å². The molecular formula is C22H24ClN3O3. The average molecular weight is 414 g/mol. The van der Waals surface area contributed by atoms with Gasteiger partial charge in [0.15, 0.2) is 5.78 Å². The Bertz CT molecular complexity index is 1000. The van der Waals surface area contributed by atoms with Crippen molar-refractivity contribution < 1.29 is 14.4 Å². The highest BCUT2D eigenvalue weighted by Crippen LogP contribution is 2.35. The number of hydrogen-bond donors (Lipinski definition) is 1. The minimum absolute atomic E-state index is 0.233. The van der Waals surface area contributed by atoms with Gasteiger partial charge >= 0.3 is 6.03 Å². The lowest BCUT2D eigenvalue weighted by molar-refractivity contribution is -0.130. The van der Waals surface area contributed by atoms with Crippen LogP contribution in [0.15, 0.2) is 30.3 Å². The van der Waals surface area contributed by atoms with Crippen LogP contribution >= 0.6 is 11.6 Å². The maximum absolute atomic E-state index is 13.0. The number of benzene rings is 1. The van der Waals surface area contributed by atoms with Crippen LogP contribution < -0.4 is 5.32 Å². The Morgan fingerprint density at radius 2 is 1.86 bits per heavy atom. The topological polar surface area (TPSA) is 71.4 Å². The number of carbonyl (C=O) groups excluding carboxylic acids is 3. The number of Topliss-reactive ketones (excluding diaryl/α,β-unsaturated/α-hetero) is 1. The summed E-state index contributed by atoms with van der Waals surface area (Å²) < 4.78 is 2.03. The number of aryl methyl sites for hydroxylation is 1. The van der Waals surface area contributed by atoms with Crippen LogP contribution in [0.3, 0.4) is 0 Å². The number of ketones is 1. The number of amides is 3. The van der Waals surface area contributed by atoms with Crippen LogP contribution in [0, 0.1) is 13.8 Å². The van der Waals surface area contributed by atoms with Crippen LogP contribution in [0.4, 0.5) is 4.79 Å². The van der Waals surface area contributed by atoms with Gasteiger partial charge in [-0.2, -0.15) is 0 Å². The van der Waals surface area contributed by atoms with Crippen LogP contribution in [0.2, 0.25) is 5.02 Å². The van der Waals surface area contributed by atoms with Crippen molar-refractivity contribution in [2.24, 2.45) is 0 Å². The number of halogens is 1. The summed E-state index contributed by atoms with van der Waals surface area (Å²) in [7, 11) is 0. The van der Waals surface area contributed by atoms with E-state index in [9.17, 15) is 14.4 Å². The molecular weight excluding hydrogens is 390 g/mol. The SMILES string of the molecule is Cc1cc(C(=O)CN2C(=O)NC3(CCCC3)C2=O)c(C)n1Cc1ccccc1Cl. The van der Waals surface area contributed by atoms with Crippen molar-refractivity contribution >= 4 is 29.3 Å². The van der Waals surface area contributed by atoms with E-state index in [0.717, 1.165) is 34.7 Å². The Balaban J connectivity index is 1.55. The lowest BCUT2D eigenvalue weighted by Gasteiger charge is -2.19. The zero-order valence-electron chi connectivity index (χ0n) is 16.6. The van der Waals surface area contributed by atoms with Gasteiger partial charge in [0.25, 0.3) is 5.91 Å². The molecule has 0 atom stereocenters. The van der Waals surface area contributed by atoms with Crippen molar-refractivity contribution in [2.75, 3.05) is 6.54 Å². The summed E-state index contributed by atoms with van der Waals surface area (Å²) in [4.78, 5) is 39.2. The second-order valence-electron chi connectivity index (χ2n) is 8.00. The van der Waals surface area contributed by atoms with Gasteiger partial charge in [-0.15, -0.1) is 0 Å². The highest BCUT2D eigenvalue weighted by molar-refractivity contribution is 6.31. The van der Waals surface area contributed by atoms with Crippen molar-refractivity contribution in [3.8, 4) is 0 Å². The normalized spacial score (nSPS) is 18.0. The number of urea groups is 1. The summed E-state index contributed by atoms with van der Waals surface area (Å²) in [5, 5.41) is 3.50. The van der Waals surface area contributed by atoms with Gasteiger partial charge in [-0.25, -0.2) is 4.79 Å². The number of rotatable bonds is 5. The molecule has 2 aromatic rings. The molecule has 0 bridgehead atoms. The summed E-state index contributed by atoms with van der Waals surface area (Å²) in [5.41, 5.74) is 2.43. The molecule has 1 aliphatic carbocycles. The van der Waals surface area contributed by atoms with Gasteiger partial charge < -0.3 is 9.88 Å². The summed E-state index contributed by atoms with van der Waals surface area (Å²) >= 11 is 6.28. The largest absolute Gasteiger partial charge is 0.344 e. The number of aromatic nitrogens is 1. The van der Waals surface area contributed by atoms with Crippen LogP contribution in [-0.4, -0.2) is 39.3 Å². The van der Waals surface area contributed by atoms with Gasteiger partial charge in [0.2, 0.25) is 0 Å². The first-order chi connectivity index (χ1) is 13.8. The molecule has 1 spiro atoms. The van der Waals surface area contributed by atoms with E-state index in [1.165, 1.54) is 0 Å². The van der Waals surface area contributed by atoms with Gasteiger partial charge in [0, 0.05) is 28.5 Å². The van der Waals surface area contributed by atoms with Gasteiger partial charge in [-0.3, -0.25) is 14.5 Å². The summed E-state index contributed by atoms with van der Waals surface area (Å²) in [6, 6.07) is 8.96. The fourth-order valence-electron chi connectivity index (χ4n) is 4.49. The second kappa shape index (κ2) is 7.34. The van der Waals surface area contributed by atoms with E-state index in [1.54, 1.807) is 0 Å². The maximum atomic E-state index is 13.0. The average Bonchev–Trinajstić information content (AvgIpc) is 3.33. The van der Waals surface area contributed by atoms with Crippen LogP contribution in [-0.2, 0) is 11.3 Å². The molecule has 1 saturated carbocycles. The van der Waals surface area contributed by atoms with Gasteiger partial charge in [0.05, 0.1) is 6.54 Å². The van der Waals surface area contributed by atoms with E-state index in [0.29, 0.717) is 30.0 Å². The van der Waals surface area contributed by atoms with Gasteiger partial charge in [-0.1, -0.05) is 42.6 Å². The number of hydrogen-bond acceptors (Lipinski definition) is 3. The molecule has 3 amide bonds. The van der Waals surface area contributed by atoms with E-state index in [4.69, 9.17) is 11.6 Å². The summed E-state index contributed by atoms with van der Waals surface area (Å²) in [6.45, 7) is 4.13. The first-order valence-corrected chi connectivity index (χ1v) is 10.3. The number of carbonyl (C=O) groups is 3. The van der Waals surface area contributed by atoms with Gasteiger partial charge in [-0.05, 0) is 44.4 Å². The lowest BCUT2D eigenvalue weighted by Crippen LogP contribution is -2.44. The third-order valence-electron chi connectivity index (χ3n) is 6.17. The predicted molar refractivity (Wildman–Crippen MR) is 110 cm³/mol. The summed E-state index contributed by atoms with van der Waals surface area (Å²) in [5.74, 6) is -0.500. The standard InChI is InChI=1S/C22H24ClN3O3/c1-14-11-17(15(2)25(14)12-16-7-3-4-8-18(16)23)19(27)13-26-20(28)22(24-21(26)29)9-5-6-10-22/h3-4,7-8,11H,5-6,9-10,12-13H2,1-2H3,(H,24,29). The molecule has 7 heteroatoms. The lowest BCUT2D eigenvalue weighted by atomic mass is 9.98. The number of nitrogens with zero attached hydrogens (tertiary/aromatic N) is 2. The molecule has 0 unspecified atom stereocenters. The third-order valence-corrected chi connectivity index (χ3v) is 6.53. The van der Waals surface area contributed by atoms with Gasteiger partial charge in [0.1, 0.15) is 5.54 Å². The molecule has 0 radical (unpaired) electrons. The molecule has 1 saturated heterocycles. The van der Waals surface area contributed by atoms with Crippen LogP contribution in [0.1, 0.15) is 53.0 Å². The molecule has 1 aromatic heterocycles. The fourth-order valence-corrected chi connectivity index (χ4v) is 4.69. The molecule has 6 nitrogen and oxygen atoms in total. The number of nitrogens with one attached hydrogen (secondary N) is 1. The van der Waals surface area contributed by atoms with E-state index < -0.39 is 11.6 Å². The molecule has 1 N–H and O–H groups in total. The van der Waals surface area contributed by atoms with E-state index in [2.05, 4.69) is 5.32 Å². The number of imide groups is 1. The Kier molecular flexibility index (Phi) is 4.99. The highest BCUT2D eigenvalue weighted by Gasteiger charge is 2.52. The Morgan fingerprint density at radius 1 is 1.17 bits per heavy atom. The molecule has 2 heterocycles. The minimum Gasteiger partial charge on any atom is -0.344 e. The third kappa shape index (κ3) is 3.35. The Hall–Kier alpha value is -2.60. The van der Waals surface area contributed by atoms with E-state index in [-0.39, 0.29) is 18.2 Å². The smallest absolute Gasteiger partial charge is 0.325 e. The van der Waals surface area contributed by atoms with E-state index in [1.807, 2.05) is 48.7 Å². The molecule has 1 aliphatic heterocycles. The fraction of sp³-hybridized carbons (Fsp3) is 0.409. The zero-order valence-corrected chi connectivity index (χ0v) is 17.4. The zero-order chi connectivity index (χ0) is 20.8. The first kappa shape index (κ1) is 19.7. The molecule has 1 aromatic carbocycles. The first-order valence-electron chi connectivity index (χ1n) is 9.90. The van der Waals surface area contributed by atoms with Crippen molar-refractivity contribution in [2.45, 2.75) is 51.6 Å². The molecule has 29 heavy (non-hydrogen) atoms. The molecule has 152 valence electrons. The molecule has 4 rings (SSSR count).